The Hall–Kier alpha value is -1.34. The molecule has 1 aliphatic rings. The molecule has 0 aliphatic heterocycles. The predicted molar refractivity (Wildman–Crippen MR) is 72.2 cm³/mol. The molecule has 1 fully saturated rings. The molecule has 0 N–H and O–H groups in total. The summed E-state index contributed by atoms with van der Waals surface area (Å²) in [5.41, 5.74) is 0. The van der Waals surface area contributed by atoms with E-state index in [1.807, 2.05) is 0 Å². The fourth-order valence-electron chi connectivity index (χ4n) is 2.54. The van der Waals surface area contributed by atoms with E-state index in [0.29, 0.717) is 10.5 Å². The van der Waals surface area contributed by atoms with Crippen molar-refractivity contribution in [3.63, 3.8) is 0 Å². The lowest BCUT2D eigenvalue weighted by Crippen LogP contribution is -1.63. The Bertz CT molecular complexity index is 621. The molecule has 2 aromatic carbocycles. The maximum absolute atomic E-state index is 2.33. The third-order valence-corrected chi connectivity index (χ3v) is 6.19. The van der Waals surface area contributed by atoms with Crippen molar-refractivity contribution in [2.45, 2.75) is 18.1 Å². The zero-order valence-electron chi connectivity index (χ0n) is 9.02. The topological polar surface area (TPSA) is 0 Å². The number of benzene rings is 2. The molecular formula is C15H13S+. The number of hydrogen-bond acceptors (Lipinski definition) is 0. The average molecular weight is 225 g/mol. The van der Waals surface area contributed by atoms with Crippen LogP contribution in [0.4, 0.5) is 0 Å². The van der Waals surface area contributed by atoms with Gasteiger partial charge < -0.3 is 0 Å². The van der Waals surface area contributed by atoms with Gasteiger partial charge in [-0.05, 0) is 34.7 Å². The van der Waals surface area contributed by atoms with E-state index < -0.39 is 0 Å². The molecule has 1 heteroatoms. The molecule has 0 atom stereocenters. The van der Waals surface area contributed by atoms with E-state index in [0.717, 1.165) is 5.25 Å². The van der Waals surface area contributed by atoms with Crippen LogP contribution in [0.15, 0.2) is 48.5 Å². The Labute approximate surface area is 97.5 Å². The van der Waals surface area contributed by atoms with E-state index in [4.69, 9.17) is 0 Å². The van der Waals surface area contributed by atoms with Crippen LogP contribution in [0.1, 0.15) is 18.1 Å². The van der Waals surface area contributed by atoms with Gasteiger partial charge in [-0.2, -0.15) is 0 Å². The predicted octanol–water partition coefficient (Wildman–Crippen LogP) is 5.08. The smallest absolute Gasteiger partial charge is 0.0612 e. The van der Waals surface area contributed by atoms with Crippen LogP contribution in [0.25, 0.3) is 20.2 Å². The van der Waals surface area contributed by atoms with Crippen molar-refractivity contribution in [3.8, 4) is 0 Å². The lowest BCUT2D eigenvalue weighted by Gasteiger charge is -1.87. The Balaban J connectivity index is 2.27. The van der Waals surface area contributed by atoms with Crippen LogP contribution in [0.2, 0.25) is 0 Å². The molecular weight excluding hydrogens is 212 g/mol. The Morgan fingerprint density at radius 1 is 0.750 bits per heavy atom. The van der Waals surface area contributed by atoms with Crippen LogP contribution in [0.3, 0.4) is 0 Å². The Morgan fingerprint density at radius 2 is 1.25 bits per heavy atom. The average Bonchev–Trinajstić information content (AvgIpc) is 3.11. The molecule has 0 amide bonds. The molecule has 0 nitrogen and oxygen atoms in total. The van der Waals surface area contributed by atoms with Gasteiger partial charge in [0.1, 0.15) is 5.25 Å². The lowest BCUT2D eigenvalue weighted by atomic mass is 10.2. The second kappa shape index (κ2) is 3.08. The quantitative estimate of drug-likeness (QED) is 0.507. The standard InChI is InChI=1S/C15H13S/c1-3-7-14-12(5-1)13-6-2-4-8-15(13)16(14)11-9-10-11/h1-8,11H,9-10H2/q+1. The molecule has 0 unspecified atom stereocenters. The molecule has 1 aromatic heterocycles. The highest BCUT2D eigenvalue weighted by molar-refractivity contribution is 7.44. The van der Waals surface area contributed by atoms with Gasteiger partial charge in [0.05, 0.1) is 0 Å². The van der Waals surface area contributed by atoms with Gasteiger partial charge >= 0.3 is 0 Å². The van der Waals surface area contributed by atoms with Crippen molar-refractivity contribution < 1.29 is 0 Å². The van der Waals surface area contributed by atoms with Crippen LogP contribution in [-0.4, -0.2) is 0 Å². The molecule has 0 bridgehead atoms. The molecule has 1 heterocycles. The first-order chi connectivity index (χ1) is 7.95. The van der Waals surface area contributed by atoms with Crippen LogP contribution in [-0.2, 0) is 0 Å². The second-order valence-electron chi connectivity index (χ2n) is 4.53. The largest absolute Gasteiger partial charge is 0.182 e. The minimum Gasteiger partial charge on any atom is -0.0612 e. The third kappa shape index (κ3) is 1.09. The molecule has 1 saturated carbocycles. The monoisotopic (exact) mass is 225 g/mol. The van der Waals surface area contributed by atoms with Crippen LogP contribution in [0, 0.1) is 0 Å². The number of thiophene rings is 1. The van der Waals surface area contributed by atoms with Crippen molar-refractivity contribution >= 4 is 30.6 Å². The molecule has 0 radical (unpaired) electrons. The lowest BCUT2D eigenvalue weighted by molar-refractivity contribution is 1.41. The summed E-state index contributed by atoms with van der Waals surface area (Å²) in [6.07, 6.45) is 2.84. The zero-order valence-corrected chi connectivity index (χ0v) is 9.84. The van der Waals surface area contributed by atoms with Gasteiger partial charge in [-0.25, -0.2) is 0 Å². The minimum absolute atomic E-state index is 0.382. The van der Waals surface area contributed by atoms with Gasteiger partial charge in [0.25, 0.3) is 0 Å². The molecule has 0 saturated heterocycles. The van der Waals surface area contributed by atoms with Gasteiger partial charge in [-0.3, -0.25) is 0 Å². The molecule has 4 rings (SSSR count). The summed E-state index contributed by atoms with van der Waals surface area (Å²) in [5, 5.41) is 3.89. The molecule has 1 aliphatic carbocycles. The Morgan fingerprint density at radius 3 is 1.75 bits per heavy atom. The highest BCUT2D eigenvalue weighted by Crippen LogP contribution is 2.58. The third-order valence-electron chi connectivity index (χ3n) is 3.40. The zero-order chi connectivity index (χ0) is 10.5. The van der Waals surface area contributed by atoms with Gasteiger partial charge in [0.15, 0.2) is 9.40 Å². The van der Waals surface area contributed by atoms with Crippen molar-refractivity contribution in [2.24, 2.45) is 0 Å². The summed E-state index contributed by atoms with van der Waals surface area (Å²) in [4.78, 5) is 0. The van der Waals surface area contributed by atoms with E-state index in [2.05, 4.69) is 48.5 Å². The first-order valence-electron chi connectivity index (χ1n) is 5.87. The molecule has 16 heavy (non-hydrogen) atoms. The summed E-state index contributed by atoms with van der Waals surface area (Å²) >= 11 is 0. The SMILES string of the molecule is c1ccc2c(c1)c1ccccc1[s+]2C1CC1. The van der Waals surface area contributed by atoms with Crippen molar-refractivity contribution in [2.75, 3.05) is 0 Å². The molecule has 0 spiro atoms. The molecule has 3 aromatic rings. The first-order valence-corrected chi connectivity index (χ1v) is 7.15. The second-order valence-corrected chi connectivity index (χ2v) is 6.75. The maximum Gasteiger partial charge on any atom is 0.182 e. The highest BCUT2D eigenvalue weighted by Gasteiger charge is 2.37. The maximum atomic E-state index is 2.33. The van der Waals surface area contributed by atoms with E-state index in [-0.39, 0.29) is 0 Å². The summed E-state index contributed by atoms with van der Waals surface area (Å²) in [5.74, 6) is 0. The normalized spacial score (nSPS) is 16.0. The molecule has 78 valence electrons. The van der Waals surface area contributed by atoms with Crippen molar-refractivity contribution in [1.29, 1.82) is 0 Å². The van der Waals surface area contributed by atoms with Gasteiger partial charge in [-0.15, -0.1) is 0 Å². The summed E-state index contributed by atoms with van der Waals surface area (Å²) < 4.78 is 3.18. The van der Waals surface area contributed by atoms with E-state index in [9.17, 15) is 0 Å². The van der Waals surface area contributed by atoms with Crippen LogP contribution < -0.4 is 0 Å². The summed E-state index contributed by atoms with van der Waals surface area (Å²) in [6, 6.07) is 17.9. The van der Waals surface area contributed by atoms with Crippen LogP contribution >= 0.6 is 10.5 Å². The van der Waals surface area contributed by atoms with E-state index >= 15 is 0 Å². The van der Waals surface area contributed by atoms with Gasteiger partial charge in [-0.1, -0.05) is 24.3 Å². The highest BCUT2D eigenvalue weighted by atomic mass is 32.2. The van der Waals surface area contributed by atoms with Crippen molar-refractivity contribution in [3.05, 3.63) is 48.5 Å². The Kier molecular flexibility index (Phi) is 1.69. The van der Waals surface area contributed by atoms with Crippen LogP contribution in [0.5, 0.6) is 0 Å². The van der Waals surface area contributed by atoms with Crippen molar-refractivity contribution in [1.82, 2.24) is 0 Å². The van der Waals surface area contributed by atoms with E-state index in [1.54, 1.807) is 9.40 Å². The number of fused-ring (bicyclic) bond motifs is 3. The fourth-order valence-corrected chi connectivity index (χ4v) is 5.39. The fraction of sp³-hybridized carbons (Fsp3) is 0.200. The summed E-state index contributed by atoms with van der Waals surface area (Å²) in [7, 11) is 0.382. The van der Waals surface area contributed by atoms with Gasteiger partial charge in [0, 0.05) is 23.6 Å². The summed E-state index contributed by atoms with van der Waals surface area (Å²) in [6.45, 7) is 0. The number of hydrogen-bond donors (Lipinski definition) is 0. The van der Waals surface area contributed by atoms with E-state index in [1.165, 1.54) is 23.6 Å². The first kappa shape index (κ1) is 8.77. The van der Waals surface area contributed by atoms with Gasteiger partial charge in [0.2, 0.25) is 0 Å². The number of rotatable bonds is 1. The minimum atomic E-state index is 0.382.